The second-order valence-electron chi connectivity index (χ2n) is 5.45. The van der Waals surface area contributed by atoms with Gasteiger partial charge in [-0.15, -0.1) is 0 Å². The molecule has 0 spiro atoms. The standard InChI is InChI=1S/C14H30O7S.Na.H/c1-2-3-4-5-6-7-8-9-10-11-12-20-22(18,19)21-13-14(15,16)17;;/h15-17H,2-13H2,1H3;;. The third-order valence-electron chi connectivity index (χ3n) is 3.12. The molecular weight excluding hydrogens is 335 g/mol. The van der Waals surface area contributed by atoms with Crippen molar-refractivity contribution < 1.29 is 32.1 Å². The Kier molecular flexibility index (Phi) is 17.0. The van der Waals surface area contributed by atoms with Crippen LogP contribution in [0.3, 0.4) is 0 Å². The van der Waals surface area contributed by atoms with Crippen LogP contribution in [0.1, 0.15) is 71.1 Å². The second kappa shape index (κ2) is 15.0. The summed E-state index contributed by atoms with van der Waals surface area (Å²) in [4.78, 5) is 0. The van der Waals surface area contributed by atoms with E-state index in [1.54, 1.807) is 0 Å². The zero-order valence-electron chi connectivity index (χ0n) is 13.4. The van der Waals surface area contributed by atoms with Gasteiger partial charge in [0.25, 0.3) is 0 Å². The fourth-order valence-corrected chi connectivity index (χ4v) is 2.63. The Balaban J connectivity index is 0. The van der Waals surface area contributed by atoms with Gasteiger partial charge in [-0.25, -0.2) is 8.37 Å². The Bertz CT molecular complexity index is 355. The van der Waals surface area contributed by atoms with Gasteiger partial charge in [0.1, 0.15) is 6.61 Å². The molecule has 0 aromatic heterocycles. The van der Waals surface area contributed by atoms with Crippen molar-refractivity contribution in [3.8, 4) is 0 Å². The van der Waals surface area contributed by atoms with Crippen molar-refractivity contribution in [2.24, 2.45) is 0 Å². The molecule has 0 saturated carbocycles. The summed E-state index contributed by atoms with van der Waals surface area (Å²) in [7, 11) is -4.31. The molecule has 0 amide bonds. The molecule has 3 N–H and O–H groups in total. The number of unbranched alkanes of at least 4 members (excludes halogenated alkanes) is 9. The summed E-state index contributed by atoms with van der Waals surface area (Å²) in [5.41, 5.74) is 0. The predicted octanol–water partition coefficient (Wildman–Crippen LogP) is 1.17. The Hall–Kier alpha value is 0.750. The third kappa shape index (κ3) is 20.7. The number of aliphatic hydroxyl groups is 3. The molecule has 0 aliphatic rings. The van der Waals surface area contributed by atoms with Crippen LogP contribution >= 0.6 is 0 Å². The summed E-state index contributed by atoms with van der Waals surface area (Å²) < 4.78 is 30.9. The van der Waals surface area contributed by atoms with Gasteiger partial charge in [0.15, 0.2) is 0 Å². The van der Waals surface area contributed by atoms with Gasteiger partial charge in [-0.05, 0) is 6.42 Å². The van der Waals surface area contributed by atoms with Crippen LogP contribution in [0, 0.1) is 0 Å². The van der Waals surface area contributed by atoms with E-state index in [0.29, 0.717) is 6.42 Å². The minimum absolute atomic E-state index is 0. The average molecular weight is 366 g/mol. The summed E-state index contributed by atoms with van der Waals surface area (Å²) in [6, 6.07) is 0. The molecule has 0 unspecified atom stereocenters. The molecule has 0 aliphatic carbocycles. The molecule has 0 saturated heterocycles. The van der Waals surface area contributed by atoms with Gasteiger partial charge >= 0.3 is 45.9 Å². The molecule has 0 radical (unpaired) electrons. The predicted molar refractivity (Wildman–Crippen MR) is 89.2 cm³/mol. The van der Waals surface area contributed by atoms with Gasteiger partial charge in [-0.2, -0.15) is 8.42 Å². The molecule has 0 aliphatic heterocycles. The van der Waals surface area contributed by atoms with E-state index in [1.165, 1.54) is 38.5 Å². The van der Waals surface area contributed by atoms with E-state index < -0.39 is 23.0 Å². The first-order chi connectivity index (χ1) is 10.3. The molecule has 23 heavy (non-hydrogen) atoms. The normalized spacial score (nSPS) is 12.2. The van der Waals surface area contributed by atoms with Crippen LogP contribution in [0.4, 0.5) is 0 Å². The van der Waals surface area contributed by atoms with Crippen molar-refractivity contribution >= 4 is 40.0 Å². The molecular formula is C14H31NaO7S. The van der Waals surface area contributed by atoms with Gasteiger partial charge in [-0.1, -0.05) is 64.7 Å². The summed E-state index contributed by atoms with van der Waals surface area (Å²) in [6.45, 7) is 0.989. The van der Waals surface area contributed by atoms with Crippen molar-refractivity contribution in [1.82, 2.24) is 0 Å². The molecule has 9 heteroatoms. The molecule has 0 rings (SSSR count). The topological polar surface area (TPSA) is 113 Å². The van der Waals surface area contributed by atoms with Crippen LogP contribution < -0.4 is 0 Å². The monoisotopic (exact) mass is 366 g/mol. The summed E-state index contributed by atoms with van der Waals surface area (Å²) >= 11 is 0. The quantitative estimate of drug-likeness (QED) is 0.226. The van der Waals surface area contributed by atoms with E-state index in [0.717, 1.165) is 19.3 Å². The van der Waals surface area contributed by atoms with Gasteiger partial charge in [0, 0.05) is 0 Å². The van der Waals surface area contributed by atoms with E-state index in [1.807, 2.05) is 0 Å². The minimum atomic E-state index is -4.31. The van der Waals surface area contributed by atoms with Crippen molar-refractivity contribution in [3.63, 3.8) is 0 Å². The zero-order chi connectivity index (χ0) is 16.9. The molecule has 0 aromatic rings. The Labute approximate surface area is 162 Å². The SMILES string of the molecule is CCCCCCCCCCCCOS(=O)(=O)OCC(O)(O)O.[NaH]. The molecule has 0 fully saturated rings. The first kappa shape index (κ1) is 26.0. The van der Waals surface area contributed by atoms with Gasteiger partial charge in [0.2, 0.25) is 0 Å². The number of rotatable bonds is 15. The van der Waals surface area contributed by atoms with Crippen LogP contribution in [0.15, 0.2) is 0 Å². The summed E-state index contributed by atoms with van der Waals surface area (Å²) in [5.74, 6) is -3.19. The fraction of sp³-hybridized carbons (Fsp3) is 1.00. The molecule has 0 bridgehead atoms. The first-order valence-corrected chi connectivity index (χ1v) is 9.31. The van der Waals surface area contributed by atoms with E-state index in [9.17, 15) is 8.42 Å². The Morgan fingerprint density at radius 2 is 1.22 bits per heavy atom. The van der Waals surface area contributed by atoms with Crippen LogP contribution in [-0.2, 0) is 18.8 Å². The summed E-state index contributed by atoms with van der Waals surface area (Å²) in [5, 5.41) is 25.5. The van der Waals surface area contributed by atoms with E-state index >= 15 is 0 Å². The van der Waals surface area contributed by atoms with Crippen molar-refractivity contribution in [1.29, 1.82) is 0 Å². The van der Waals surface area contributed by atoms with Crippen LogP contribution in [-0.4, -0.2) is 72.5 Å². The van der Waals surface area contributed by atoms with Crippen molar-refractivity contribution in [3.05, 3.63) is 0 Å². The molecule has 136 valence electrons. The third-order valence-corrected chi connectivity index (χ3v) is 3.98. The van der Waals surface area contributed by atoms with Crippen LogP contribution in [0.2, 0.25) is 0 Å². The zero-order valence-corrected chi connectivity index (χ0v) is 14.2. The number of hydrogen-bond donors (Lipinski definition) is 3. The van der Waals surface area contributed by atoms with Crippen molar-refractivity contribution in [2.75, 3.05) is 13.2 Å². The van der Waals surface area contributed by atoms with Crippen LogP contribution in [0.5, 0.6) is 0 Å². The van der Waals surface area contributed by atoms with Crippen LogP contribution in [0.25, 0.3) is 0 Å². The average Bonchev–Trinajstić information content (AvgIpc) is 2.42. The molecule has 0 heterocycles. The van der Waals surface area contributed by atoms with E-state index in [2.05, 4.69) is 15.3 Å². The van der Waals surface area contributed by atoms with E-state index in [4.69, 9.17) is 15.3 Å². The van der Waals surface area contributed by atoms with E-state index in [-0.39, 0.29) is 36.2 Å². The Morgan fingerprint density at radius 1 is 0.783 bits per heavy atom. The van der Waals surface area contributed by atoms with Gasteiger partial charge in [-0.3, -0.25) is 0 Å². The fourth-order valence-electron chi connectivity index (χ4n) is 1.94. The second-order valence-corrected chi connectivity index (χ2v) is 6.74. The van der Waals surface area contributed by atoms with Gasteiger partial charge < -0.3 is 15.3 Å². The maximum absolute atomic E-state index is 11.2. The maximum atomic E-state index is 11.2. The first-order valence-electron chi connectivity index (χ1n) is 7.98. The van der Waals surface area contributed by atoms with Gasteiger partial charge in [0.05, 0.1) is 6.61 Å². The van der Waals surface area contributed by atoms with Crippen molar-refractivity contribution in [2.45, 2.75) is 77.1 Å². The number of hydrogen-bond acceptors (Lipinski definition) is 7. The molecule has 7 nitrogen and oxygen atoms in total. The summed E-state index contributed by atoms with van der Waals surface area (Å²) in [6.07, 6.45) is 11.2. The molecule has 0 aromatic carbocycles. The Morgan fingerprint density at radius 3 is 1.65 bits per heavy atom. The molecule has 0 atom stereocenters.